The number of hydrogen-bond donors (Lipinski definition) is 1. The van der Waals surface area contributed by atoms with Gasteiger partial charge in [0, 0.05) is 11.6 Å². The standard InChI is InChI=1S/C13H8F5NO2/c14-8-3-7(6-20)12(10(15)4-8)21-9-1-2-11(19-5-9)13(16,17)18/h1-5,20H,6H2. The van der Waals surface area contributed by atoms with Crippen LogP contribution in [0.5, 0.6) is 11.5 Å². The average molecular weight is 305 g/mol. The zero-order valence-electron chi connectivity index (χ0n) is 10.3. The van der Waals surface area contributed by atoms with Crippen molar-refractivity contribution in [2.45, 2.75) is 12.8 Å². The van der Waals surface area contributed by atoms with Crippen molar-refractivity contribution in [3.05, 3.63) is 53.4 Å². The molecule has 1 heterocycles. The van der Waals surface area contributed by atoms with Gasteiger partial charge < -0.3 is 9.84 Å². The summed E-state index contributed by atoms with van der Waals surface area (Å²) < 4.78 is 68.6. The number of aliphatic hydroxyl groups is 1. The predicted octanol–water partition coefficient (Wildman–Crippen LogP) is 3.66. The van der Waals surface area contributed by atoms with Crippen molar-refractivity contribution in [2.75, 3.05) is 0 Å². The molecule has 1 N–H and O–H groups in total. The first-order valence-corrected chi connectivity index (χ1v) is 5.61. The molecule has 0 radical (unpaired) electrons. The van der Waals surface area contributed by atoms with Crippen LogP contribution in [-0.4, -0.2) is 10.1 Å². The number of hydrogen-bond acceptors (Lipinski definition) is 3. The van der Waals surface area contributed by atoms with E-state index in [2.05, 4.69) is 4.98 Å². The van der Waals surface area contributed by atoms with E-state index in [0.717, 1.165) is 18.3 Å². The van der Waals surface area contributed by atoms with Gasteiger partial charge in [-0.2, -0.15) is 13.2 Å². The Kier molecular flexibility index (Phi) is 4.08. The highest BCUT2D eigenvalue weighted by Crippen LogP contribution is 2.32. The van der Waals surface area contributed by atoms with E-state index in [1.54, 1.807) is 0 Å². The molecule has 8 heteroatoms. The minimum atomic E-state index is -4.60. The lowest BCUT2D eigenvalue weighted by molar-refractivity contribution is -0.141. The van der Waals surface area contributed by atoms with Gasteiger partial charge in [0.1, 0.15) is 17.3 Å². The molecule has 21 heavy (non-hydrogen) atoms. The Morgan fingerprint density at radius 1 is 1.14 bits per heavy atom. The van der Waals surface area contributed by atoms with E-state index in [0.29, 0.717) is 12.1 Å². The van der Waals surface area contributed by atoms with Gasteiger partial charge in [-0.25, -0.2) is 13.8 Å². The molecule has 1 aromatic heterocycles. The first-order valence-electron chi connectivity index (χ1n) is 5.61. The van der Waals surface area contributed by atoms with Crippen molar-refractivity contribution in [2.24, 2.45) is 0 Å². The fourth-order valence-electron chi connectivity index (χ4n) is 1.57. The van der Waals surface area contributed by atoms with E-state index < -0.39 is 35.9 Å². The van der Waals surface area contributed by atoms with Crippen molar-refractivity contribution >= 4 is 0 Å². The fraction of sp³-hybridized carbons (Fsp3) is 0.154. The Bertz CT molecular complexity index is 640. The minimum Gasteiger partial charge on any atom is -0.452 e. The average Bonchev–Trinajstić information content (AvgIpc) is 2.41. The number of rotatable bonds is 3. The van der Waals surface area contributed by atoms with Crippen LogP contribution >= 0.6 is 0 Å². The third-order valence-corrected chi connectivity index (χ3v) is 2.50. The number of aromatic nitrogens is 1. The summed E-state index contributed by atoms with van der Waals surface area (Å²) in [6.07, 6.45) is -3.84. The molecule has 0 saturated heterocycles. The largest absolute Gasteiger partial charge is 0.452 e. The second-order valence-corrected chi connectivity index (χ2v) is 4.01. The zero-order chi connectivity index (χ0) is 15.6. The Labute approximate surface area is 115 Å². The van der Waals surface area contributed by atoms with Crippen molar-refractivity contribution < 1.29 is 31.8 Å². The topological polar surface area (TPSA) is 42.4 Å². The monoisotopic (exact) mass is 305 g/mol. The predicted molar refractivity (Wildman–Crippen MR) is 61.6 cm³/mol. The van der Waals surface area contributed by atoms with Crippen molar-refractivity contribution in [1.29, 1.82) is 0 Å². The molecule has 0 spiro atoms. The third kappa shape index (κ3) is 3.46. The summed E-state index contributed by atoms with van der Waals surface area (Å²) in [6.45, 7) is -0.696. The number of pyridine rings is 1. The maximum atomic E-state index is 13.6. The molecule has 0 aliphatic rings. The summed E-state index contributed by atoms with van der Waals surface area (Å²) in [6, 6.07) is 3.00. The molecule has 2 aromatic rings. The molecule has 0 atom stereocenters. The van der Waals surface area contributed by atoms with Crippen LogP contribution < -0.4 is 4.74 Å². The molecule has 0 aliphatic carbocycles. The highest BCUT2D eigenvalue weighted by Gasteiger charge is 2.32. The van der Waals surface area contributed by atoms with E-state index in [1.807, 2.05) is 0 Å². The Balaban J connectivity index is 2.30. The Hall–Kier alpha value is -2.22. The normalized spacial score (nSPS) is 11.5. The number of ether oxygens (including phenoxy) is 1. The van der Waals surface area contributed by atoms with Crippen LogP contribution in [0.15, 0.2) is 30.5 Å². The molecule has 0 saturated carbocycles. The maximum absolute atomic E-state index is 13.6. The summed E-state index contributed by atoms with van der Waals surface area (Å²) in [5.41, 5.74) is -1.30. The Morgan fingerprint density at radius 3 is 2.38 bits per heavy atom. The maximum Gasteiger partial charge on any atom is 0.433 e. The third-order valence-electron chi connectivity index (χ3n) is 2.50. The number of benzene rings is 1. The molecule has 112 valence electrons. The summed E-state index contributed by atoms with van der Waals surface area (Å²) in [5, 5.41) is 9.02. The second-order valence-electron chi connectivity index (χ2n) is 4.01. The first-order chi connectivity index (χ1) is 9.81. The summed E-state index contributed by atoms with van der Waals surface area (Å²) in [5.74, 6) is -2.64. The molecule has 2 rings (SSSR count). The van der Waals surface area contributed by atoms with Gasteiger partial charge in [-0.3, -0.25) is 0 Å². The Morgan fingerprint density at radius 2 is 1.86 bits per heavy atom. The van der Waals surface area contributed by atoms with Crippen molar-refractivity contribution in [3.63, 3.8) is 0 Å². The van der Waals surface area contributed by atoms with Crippen molar-refractivity contribution in [1.82, 2.24) is 4.98 Å². The van der Waals surface area contributed by atoms with Gasteiger partial charge in [0.05, 0.1) is 12.8 Å². The molecule has 0 fully saturated rings. The van der Waals surface area contributed by atoms with Crippen LogP contribution in [0.25, 0.3) is 0 Å². The molecule has 0 bridgehead atoms. The van der Waals surface area contributed by atoms with E-state index in [4.69, 9.17) is 9.84 Å². The van der Waals surface area contributed by atoms with E-state index in [1.165, 1.54) is 0 Å². The highest BCUT2D eigenvalue weighted by molar-refractivity contribution is 5.38. The van der Waals surface area contributed by atoms with Crippen LogP contribution in [0.3, 0.4) is 0 Å². The van der Waals surface area contributed by atoms with Crippen molar-refractivity contribution in [3.8, 4) is 11.5 Å². The molecule has 1 aromatic carbocycles. The zero-order valence-corrected chi connectivity index (χ0v) is 10.3. The van der Waals surface area contributed by atoms with Crippen LogP contribution in [0.2, 0.25) is 0 Å². The molecule has 0 unspecified atom stereocenters. The molecule has 3 nitrogen and oxygen atoms in total. The number of nitrogens with zero attached hydrogens (tertiary/aromatic N) is 1. The van der Waals surface area contributed by atoms with Gasteiger partial charge >= 0.3 is 6.18 Å². The van der Waals surface area contributed by atoms with Crippen LogP contribution in [0, 0.1) is 11.6 Å². The van der Waals surface area contributed by atoms with Crippen LogP contribution in [0.1, 0.15) is 11.3 Å². The molecule has 0 amide bonds. The number of alkyl halides is 3. The number of aliphatic hydroxyl groups excluding tert-OH is 1. The van der Waals surface area contributed by atoms with Crippen LogP contribution in [0.4, 0.5) is 22.0 Å². The summed E-state index contributed by atoms with van der Waals surface area (Å²) in [7, 11) is 0. The smallest absolute Gasteiger partial charge is 0.433 e. The quantitative estimate of drug-likeness (QED) is 0.880. The van der Waals surface area contributed by atoms with E-state index >= 15 is 0 Å². The minimum absolute atomic E-state index is 0.174. The van der Waals surface area contributed by atoms with Gasteiger partial charge in [0.25, 0.3) is 0 Å². The molecule has 0 aliphatic heterocycles. The lowest BCUT2D eigenvalue weighted by Gasteiger charge is -2.11. The van der Waals surface area contributed by atoms with Gasteiger partial charge in [-0.1, -0.05) is 0 Å². The molecular formula is C13H8F5NO2. The van der Waals surface area contributed by atoms with Gasteiger partial charge in [-0.15, -0.1) is 0 Å². The first kappa shape index (κ1) is 15.2. The summed E-state index contributed by atoms with van der Waals surface area (Å²) in [4.78, 5) is 3.14. The SMILES string of the molecule is OCc1cc(F)cc(F)c1Oc1ccc(C(F)(F)F)nc1. The van der Waals surface area contributed by atoms with E-state index in [9.17, 15) is 22.0 Å². The van der Waals surface area contributed by atoms with Crippen LogP contribution in [-0.2, 0) is 12.8 Å². The van der Waals surface area contributed by atoms with Gasteiger partial charge in [-0.05, 0) is 18.2 Å². The van der Waals surface area contributed by atoms with Gasteiger partial charge in [0.15, 0.2) is 11.6 Å². The lowest BCUT2D eigenvalue weighted by atomic mass is 10.2. The summed E-state index contributed by atoms with van der Waals surface area (Å²) >= 11 is 0. The molecular weight excluding hydrogens is 297 g/mol. The van der Waals surface area contributed by atoms with E-state index in [-0.39, 0.29) is 11.3 Å². The number of halogens is 5. The fourth-order valence-corrected chi connectivity index (χ4v) is 1.57. The van der Waals surface area contributed by atoms with Gasteiger partial charge in [0.2, 0.25) is 0 Å². The lowest BCUT2D eigenvalue weighted by Crippen LogP contribution is -2.07. The second kappa shape index (κ2) is 5.65. The highest BCUT2D eigenvalue weighted by atomic mass is 19.4.